The Morgan fingerprint density at radius 1 is 1.47 bits per heavy atom. The minimum Gasteiger partial charge on any atom is -0.465 e. The Balaban J connectivity index is 1.83. The lowest BCUT2D eigenvalue weighted by Crippen LogP contribution is -2.26. The number of nitrogens with zero attached hydrogens (tertiary/aromatic N) is 1. The number of benzene rings is 1. The van der Waals surface area contributed by atoms with Gasteiger partial charge in [-0.05, 0) is 37.6 Å². The van der Waals surface area contributed by atoms with Crippen LogP contribution in [0.1, 0.15) is 18.4 Å². The van der Waals surface area contributed by atoms with Crippen LogP contribution in [-0.2, 0) is 16.0 Å². The molecule has 0 saturated heterocycles. The van der Waals surface area contributed by atoms with Crippen molar-refractivity contribution in [3.63, 3.8) is 0 Å². The highest BCUT2D eigenvalue weighted by Crippen LogP contribution is 2.16. The first kappa shape index (κ1) is 13.5. The number of rotatable bonds is 6. The van der Waals surface area contributed by atoms with Gasteiger partial charge in [0.25, 0.3) is 0 Å². The van der Waals surface area contributed by atoms with Gasteiger partial charge in [-0.2, -0.15) is 0 Å². The van der Waals surface area contributed by atoms with Crippen LogP contribution in [0.15, 0.2) is 22.6 Å². The number of nitrogens with one attached hydrogen (secondary N) is 1. The molecule has 0 atom stereocenters. The molecule has 5 nitrogen and oxygen atoms in total. The van der Waals surface area contributed by atoms with Crippen LogP contribution < -0.4 is 5.32 Å². The molecule has 0 spiro atoms. The molecule has 1 aromatic carbocycles. The summed E-state index contributed by atoms with van der Waals surface area (Å²) in [5, 5.41) is 3.05. The van der Waals surface area contributed by atoms with E-state index in [1.165, 1.54) is 0 Å². The Morgan fingerprint density at radius 3 is 3.11 bits per heavy atom. The predicted molar refractivity (Wildman–Crippen MR) is 72.0 cm³/mol. The highest BCUT2D eigenvalue weighted by Gasteiger charge is 2.04. The minimum atomic E-state index is -0.218. The number of carbonyl (C=O) groups excluding carboxylic acids is 1. The van der Waals surface area contributed by atoms with Crippen LogP contribution in [0, 0.1) is 6.92 Å². The standard InChI is InChI=1S/C14H18N2O3/c1-3-18-14(17)9-15-7-6-11-4-5-13-12(8-11)16-10(2)19-13/h4-5,8,15H,3,6-7,9H2,1-2H3. The summed E-state index contributed by atoms with van der Waals surface area (Å²) < 4.78 is 10.2. The number of fused-ring (bicyclic) bond motifs is 1. The van der Waals surface area contributed by atoms with Gasteiger partial charge in [-0.25, -0.2) is 4.98 Å². The lowest BCUT2D eigenvalue weighted by molar-refractivity contribution is -0.141. The van der Waals surface area contributed by atoms with Crippen molar-refractivity contribution in [3.8, 4) is 0 Å². The van der Waals surface area contributed by atoms with E-state index in [9.17, 15) is 4.79 Å². The van der Waals surface area contributed by atoms with Crippen LogP contribution in [0.2, 0.25) is 0 Å². The second-order valence-corrected chi connectivity index (χ2v) is 4.27. The summed E-state index contributed by atoms with van der Waals surface area (Å²) in [7, 11) is 0. The number of oxazole rings is 1. The SMILES string of the molecule is CCOC(=O)CNCCc1ccc2oc(C)nc2c1. The van der Waals surface area contributed by atoms with Crippen molar-refractivity contribution >= 4 is 17.1 Å². The van der Waals surface area contributed by atoms with Gasteiger partial charge in [-0.1, -0.05) is 6.07 Å². The normalized spacial score (nSPS) is 10.8. The number of aromatic nitrogens is 1. The third kappa shape index (κ3) is 3.79. The zero-order valence-corrected chi connectivity index (χ0v) is 11.2. The molecule has 0 radical (unpaired) electrons. The molecule has 0 fully saturated rings. The molecule has 5 heteroatoms. The van der Waals surface area contributed by atoms with E-state index >= 15 is 0 Å². The molecule has 1 heterocycles. The molecule has 1 aromatic heterocycles. The maximum Gasteiger partial charge on any atom is 0.319 e. The molecule has 0 aliphatic rings. The first-order chi connectivity index (χ1) is 9.19. The fraction of sp³-hybridized carbons (Fsp3) is 0.429. The monoisotopic (exact) mass is 262 g/mol. The Hall–Kier alpha value is -1.88. The number of hydrogen-bond donors (Lipinski definition) is 1. The maximum absolute atomic E-state index is 11.1. The van der Waals surface area contributed by atoms with Gasteiger partial charge < -0.3 is 14.5 Å². The minimum absolute atomic E-state index is 0.218. The lowest BCUT2D eigenvalue weighted by Gasteiger charge is -2.04. The summed E-state index contributed by atoms with van der Waals surface area (Å²) >= 11 is 0. The topological polar surface area (TPSA) is 64.4 Å². The van der Waals surface area contributed by atoms with E-state index in [-0.39, 0.29) is 12.5 Å². The van der Waals surface area contributed by atoms with Gasteiger partial charge in [0.1, 0.15) is 5.52 Å². The van der Waals surface area contributed by atoms with E-state index in [4.69, 9.17) is 9.15 Å². The maximum atomic E-state index is 11.1. The summed E-state index contributed by atoms with van der Waals surface area (Å²) in [5.74, 6) is 0.456. The Morgan fingerprint density at radius 2 is 2.32 bits per heavy atom. The highest BCUT2D eigenvalue weighted by atomic mass is 16.5. The molecular weight excluding hydrogens is 244 g/mol. The molecule has 19 heavy (non-hydrogen) atoms. The third-order valence-electron chi connectivity index (χ3n) is 2.72. The molecule has 2 aromatic rings. The Kier molecular flexibility index (Phi) is 4.52. The highest BCUT2D eigenvalue weighted by molar-refractivity contribution is 5.73. The molecule has 0 saturated carbocycles. The van der Waals surface area contributed by atoms with E-state index in [0.29, 0.717) is 12.5 Å². The molecule has 102 valence electrons. The molecule has 0 bridgehead atoms. The third-order valence-corrected chi connectivity index (χ3v) is 2.72. The van der Waals surface area contributed by atoms with Gasteiger partial charge in [0.05, 0.1) is 13.2 Å². The molecular formula is C14H18N2O3. The summed E-state index contributed by atoms with van der Waals surface area (Å²) in [6.07, 6.45) is 0.835. The van der Waals surface area contributed by atoms with E-state index in [1.54, 1.807) is 6.92 Å². The quantitative estimate of drug-likeness (QED) is 0.635. The van der Waals surface area contributed by atoms with Crippen LogP contribution in [0.4, 0.5) is 0 Å². The van der Waals surface area contributed by atoms with Crippen molar-refractivity contribution in [2.75, 3.05) is 19.7 Å². The van der Waals surface area contributed by atoms with Gasteiger partial charge >= 0.3 is 5.97 Å². The number of ether oxygens (including phenoxy) is 1. The molecule has 2 rings (SSSR count). The number of hydrogen-bond acceptors (Lipinski definition) is 5. The van der Waals surface area contributed by atoms with Crippen molar-refractivity contribution in [2.24, 2.45) is 0 Å². The molecule has 0 amide bonds. The number of aryl methyl sites for hydroxylation is 1. The number of esters is 1. The van der Waals surface area contributed by atoms with Gasteiger partial charge in [0, 0.05) is 6.92 Å². The average molecular weight is 262 g/mol. The van der Waals surface area contributed by atoms with Crippen LogP contribution in [-0.4, -0.2) is 30.6 Å². The summed E-state index contributed by atoms with van der Waals surface area (Å²) in [6, 6.07) is 5.95. The van der Waals surface area contributed by atoms with Crippen molar-refractivity contribution in [3.05, 3.63) is 29.7 Å². The second kappa shape index (κ2) is 6.33. The van der Waals surface area contributed by atoms with Crippen molar-refractivity contribution < 1.29 is 13.9 Å². The zero-order valence-electron chi connectivity index (χ0n) is 11.2. The van der Waals surface area contributed by atoms with E-state index < -0.39 is 0 Å². The zero-order chi connectivity index (χ0) is 13.7. The Labute approximate surface area is 112 Å². The van der Waals surface area contributed by atoms with Crippen molar-refractivity contribution in [1.29, 1.82) is 0 Å². The molecule has 0 unspecified atom stereocenters. The van der Waals surface area contributed by atoms with Crippen LogP contribution in [0.25, 0.3) is 11.1 Å². The van der Waals surface area contributed by atoms with Crippen LogP contribution >= 0.6 is 0 Å². The Bertz CT molecular complexity index is 563. The van der Waals surface area contributed by atoms with E-state index in [2.05, 4.69) is 10.3 Å². The molecule has 0 aliphatic heterocycles. The van der Waals surface area contributed by atoms with Gasteiger partial charge in [-0.15, -0.1) is 0 Å². The molecule has 0 aliphatic carbocycles. The van der Waals surface area contributed by atoms with E-state index in [1.807, 2.05) is 25.1 Å². The van der Waals surface area contributed by atoms with Gasteiger partial charge in [0.15, 0.2) is 11.5 Å². The van der Waals surface area contributed by atoms with Crippen LogP contribution in [0.3, 0.4) is 0 Å². The lowest BCUT2D eigenvalue weighted by atomic mass is 10.1. The fourth-order valence-corrected chi connectivity index (χ4v) is 1.88. The second-order valence-electron chi connectivity index (χ2n) is 4.27. The average Bonchev–Trinajstić information content (AvgIpc) is 2.74. The summed E-state index contributed by atoms with van der Waals surface area (Å²) in [4.78, 5) is 15.4. The van der Waals surface area contributed by atoms with Crippen molar-refractivity contribution in [1.82, 2.24) is 10.3 Å². The predicted octanol–water partition coefficient (Wildman–Crippen LogP) is 1.83. The first-order valence-corrected chi connectivity index (χ1v) is 6.41. The largest absolute Gasteiger partial charge is 0.465 e. The van der Waals surface area contributed by atoms with Crippen molar-refractivity contribution in [2.45, 2.75) is 20.3 Å². The fourth-order valence-electron chi connectivity index (χ4n) is 1.88. The first-order valence-electron chi connectivity index (χ1n) is 6.41. The van der Waals surface area contributed by atoms with Gasteiger partial charge in [-0.3, -0.25) is 4.79 Å². The van der Waals surface area contributed by atoms with Crippen LogP contribution in [0.5, 0.6) is 0 Å². The summed E-state index contributed by atoms with van der Waals surface area (Å²) in [6.45, 7) is 5.02. The van der Waals surface area contributed by atoms with Gasteiger partial charge in [0.2, 0.25) is 0 Å². The summed E-state index contributed by atoms with van der Waals surface area (Å²) in [5.41, 5.74) is 2.85. The van der Waals surface area contributed by atoms with E-state index in [0.717, 1.165) is 29.6 Å². The smallest absolute Gasteiger partial charge is 0.319 e. The molecule has 1 N–H and O–H groups in total. The number of carbonyl (C=O) groups is 1.